The highest BCUT2D eigenvalue weighted by Crippen LogP contribution is 2.35. The quantitative estimate of drug-likeness (QED) is 0.259. The lowest BCUT2D eigenvalue weighted by Crippen LogP contribution is -2.48. The smallest absolute Gasteiger partial charge is 0.387 e. The molecule has 47 heavy (non-hydrogen) atoms. The van der Waals surface area contributed by atoms with Crippen molar-refractivity contribution < 1.29 is 40.2 Å². The van der Waals surface area contributed by atoms with Crippen molar-refractivity contribution in [3.63, 3.8) is 0 Å². The Kier molecular flexibility index (Phi) is 9.51. The molecule has 1 fully saturated rings. The molecule has 0 aliphatic carbocycles. The third-order valence-corrected chi connectivity index (χ3v) is 8.98. The summed E-state index contributed by atoms with van der Waals surface area (Å²) in [4.78, 5) is 33.6. The van der Waals surface area contributed by atoms with Crippen molar-refractivity contribution in [2.45, 2.75) is 6.61 Å². The van der Waals surface area contributed by atoms with E-state index in [0.29, 0.717) is 5.82 Å². The van der Waals surface area contributed by atoms with E-state index >= 15 is 8.78 Å². The number of pyridine rings is 1. The van der Waals surface area contributed by atoms with Gasteiger partial charge in [0.2, 0.25) is 10.0 Å². The number of benzene rings is 2. The van der Waals surface area contributed by atoms with Gasteiger partial charge in [-0.05, 0) is 36.4 Å². The Labute approximate surface area is 270 Å². The lowest BCUT2D eigenvalue weighted by atomic mass is 10.1. The zero-order valence-corrected chi connectivity index (χ0v) is 26.6. The molecule has 0 saturated carbocycles. The maximum atomic E-state index is 15.5. The molecule has 5 rings (SSSR count). The molecule has 1 aliphatic rings. The maximum absolute atomic E-state index is 15.5. The summed E-state index contributed by atoms with van der Waals surface area (Å²) < 4.78 is 92.6. The van der Waals surface area contributed by atoms with Crippen LogP contribution < -0.4 is 25.2 Å². The molecule has 18 heteroatoms. The fourth-order valence-electron chi connectivity index (χ4n) is 5.11. The lowest BCUT2D eigenvalue weighted by Gasteiger charge is -2.34. The van der Waals surface area contributed by atoms with Crippen LogP contribution >= 0.6 is 11.6 Å². The van der Waals surface area contributed by atoms with Crippen LogP contribution in [0.3, 0.4) is 0 Å². The first-order chi connectivity index (χ1) is 22.2. The van der Waals surface area contributed by atoms with Gasteiger partial charge in [-0.1, -0.05) is 11.6 Å². The third-order valence-electron chi connectivity index (χ3n) is 7.38. The van der Waals surface area contributed by atoms with Gasteiger partial charge < -0.3 is 19.7 Å². The number of piperazine rings is 1. The molecular weight excluding hydrogens is 672 g/mol. The molecule has 4 aromatic rings. The number of carbonyl (C=O) groups is 1. The first kappa shape index (κ1) is 33.7. The number of hydrogen-bond donors (Lipinski definition) is 1. The number of nitrogens with one attached hydrogen (secondary N) is 1. The standard InChI is InChI=1S/C29H27ClF4N6O6S/c1-37-25(23-20(31)14-18(45-2)15-21(23)32)24(36-27(41)16-4-6-17(7-5-16)46-29(33)34)28(42)40(37)26-19(30)8-9-22(35-26)38-10-12-39(13-11-38)47(3,43)44/h4-9,14-15,29H,10-13H2,1-3H3,(H,36,41). The molecule has 0 bridgehead atoms. The number of nitrogens with zero attached hydrogens (tertiary/aromatic N) is 5. The monoisotopic (exact) mass is 698 g/mol. The van der Waals surface area contributed by atoms with Crippen LogP contribution in [0.5, 0.6) is 11.5 Å². The number of sulfonamides is 1. The van der Waals surface area contributed by atoms with E-state index < -0.39 is 51.0 Å². The Hall–Kier alpha value is -4.61. The highest BCUT2D eigenvalue weighted by molar-refractivity contribution is 7.88. The number of halogens is 5. The van der Waals surface area contributed by atoms with Crippen molar-refractivity contribution in [3.8, 4) is 28.6 Å². The van der Waals surface area contributed by atoms with Gasteiger partial charge in [-0.3, -0.25) is 14.3 Å². The van der Waals surface area contributed by atoms with Gasteiger partial charge in [0.1, 0.15) is 40.3 Å². The van der Waals surface area contributed by atoms with Gasteiger partial charge in [-0.15, -0.1) is 0 Å². The zero-order chi connectivity index (χ0) is 34.2. The molecule has 2 aromatic carbocycles. The second kappa shape index (κ2) is 13.2. The molecule has 12 nitrogen and oxygen atoms in total. The van der Waals surface area contributed by atoms with Crippen LogP contribution in [0.25, 0.3) is 17.1 Å². The summed E-state index contributed by atoms with van der Waals surface area (Å²) >= 11 is 6.50. The summed E-state index contributed by atoms with van der Waals surface area (Å²) in [5.41, 5.74) is -2.66. The van der Waals surface area contributed by atoms with Gasteiger partial charge in [0.05, 0.1) is 24.0 Å². The molecule has 0 spiro atoms. The van der Waals surface area contributed by atoms with E-state index in [1.165, 1.54) is 24.5 Å². The zero-order valence-electron chi connectivity index (χ0n) is 25.0. The average Bonchev–Trinajstić information content (AvgIpc) is 3.24. The number of alkyl halides is 2. The summed E-state index contributed by atoms with van der Waals surface area (Å²) in [6.45, 7) is -2.16. The van der Waals surface area contributed by atoms with E-state index in [9.17, 15) is 26.8 Å². The Balaban J connectivity index is 1.61. The van der Waals surface area contributed by atoms with Crippen molar-refractivity contribution in [2.75, 3.05) is 49.8 Å². The average molecular weight is 699 g/mol. The Morgan fingerprint density at radius 2 is 1.62 bits per heavy atom. The SMILES string of the molecule is COc1cc(F)c(-c2c(NC(=O)c3ccc(OC(F)F)cc3)c(=O)n(-c3nc(N4CCN(S(C)(=O)=O)CC4)ccc3Cl)n2C)c(F)c1. The van der Waals surface area contributed by atoms with Crippen LogP contribution in [-0.2, 0) is 17.1 Å². The normalized spacial score (nSPS) is 14.0. The number of amides is 1. The van der Waals surface area contributed by atoms with Gasteiger partial charge in [-0.2, -0.15) is 17.8 Å². The minimum atomic E-state index is -3.40. The molecule has 2 aromatic heterocycles. The lowest BCUT2D eigenvalue weighted by molar-refractivity contribution is -0.0498. The molecule has 1 saturated heterocycles. The second-order valence-electron chi connectivity index (χ2n) is 10.3. The highest BCUT2D eigenvalue weighted by Gasteiger charge is 2.30. The molecule has 0 atom stereocenters. The highest BCUT2D eigenvalue weighted by atomic mass is 35.5. The van der Waals surface area contributed by atoms with Crippen LogP contribution in [0.1, 0.15) is 10.4 Å². The van der Waals surface area contributed by atoms with Crippen molar-refractivity contribution in [1.82, 2.24) is 18.7 Å². The molecular formula is C29H27ClF4N6O6S. The molecule has 0 unspecified atom stereocenters. The predicted octanol–water partition coefficient (Wildman–Crippen LogP) is 4.11. The van der Waals surface area contributed by atoms with Crippen molar-refractivity contribution in [1.29, 1.82) is 0 Å². The fraction of sp³-hybridized carbons (Fsp3) is 0.276. The Morgan fingerprint density at radius 1 is 1.00 bits per heavy atom. The van der Waals surface area contributed by atoms with Gasteiger partial charge >= 0.3 is 6.61 Å². The molecule has 3 heterocycles. The Bertz CT molecular complexity index is 1970. The molecule has 0 radical (unpaired) electrons. The molecule has 1 aliphatic heterocycles. The van der Waals surface area contributed by atoms with Crippen LogP contribution in [0, 0.1) is 11.6 Å². The minimum absolute atomic E-state index is 0.0269. The maximum Gasteiger partial charge on any atom is 0.387 e. The fourth-order valence-corrected chi connectivity index (χ4v) is 6.12. The number of ether oxygens (including phenoxy) is 2. The number of rotatable bonds is 9. The summed E-state index contributed by atoms with van der Waals surface area (Å²) in [7, 11) is -0.881. The summed E-state index contributed by atoms with van der Waals surface area (Å²) in [6, 6.07) is 9.37. The van der Waals surface area contributed by atoms with Crippen LogP contribution in [0.2, 0.25) is 5.02 Å². The van der Waals surface area contributed by atoms with Crippen molar-refractivity contribution in [3.05, 3.63) is 81.1 Å². The minimum Gasteiger partial charge on any atom is -0.497 e. The van der Waals surface area contributed by atoms with E-state index in [1.807, 2.05) is 0 Å². The molecule has 1 amide bonds. The van der Waals surface area contributed by atoms with E-state index in [1.54, 1.807) is 11.0 Å². The van der Waals surface area contributed by atoms with E-state index in [2.05, 4.69) is 15.0 Å². The van der Waals surface area contributed by atoms with Crippen LogP contribution in [0.15, 0.2) is 53.3 Å². The summed E-state index contributed by atoms with van der Waals surface area (Å²) in [5, 5.41) is 2.37. The second-order valence-corrected chi connectivity index (χ2v) is 12.7. The number of carbonyl (C=O) groups excluding carboxylic acids is 1. The first-order valence-corrected chi connectivity index (χ1v) is 16.0. The van der Waals surface area contributed by atoms with E-state index in [4.69, 9.17) is 16.3 Å². The number of aromatic nitrogens is 3. The molecule has 250 valence electrons. The van der Waals surface area contributed by atoms with Crippen LogP contribution in [-0.4, -0.2) is 79.1 Å². The number of anilines is 2. The van der Waals surface area contributed by atoms with Crippen LogP contribution in [0.4, 0.5) is 29.1 Å². The summed E-state index contributed by atoms with van der Waals surface area (Å²) in [6.07, 6.45) is 1.11. The van der Waals surface area contributed by atoms with E-state index in [0.717, 1.165) is 52.0 Å². The van der Waals surface area contributed by atoms with Gasteiger partial charge in [0, 0.05) is 50.9 Å². The predicted molar refractivity (Wildman–Crippen MR) is 165 cm³/mol. The van der Waals surface area contributed by atoms with Crippen molar-refractivity contribution in [2.24, 2.45) is 7.05 Å². The third kappa shape index (κ3) is 6.91. The van der Waals surface area contributed by atoms with Gasteiger partial charge in [0.25, 0.3) is 11.5 Å². The Morgan fingerprint density at radius 3 is 2.17 bits per heavy atom. The van der Waals surface area contributed by atoms with E-state index in [-0.39, 0.29) is 59.8 Å². The number of hydrogen-bond acceptors (Lipinski definition) is 8. The topological polar surface area (TPSA) is 128 Å². The largest absolute Gasteiger partial charge is 0.497 e. The number of methoxy groups -OCH3 is 1. The van der Waals surface area contributed by atoms with Gasteiger partial charge in [-0.25, -0.2) is 22.2 Å². The molecule has 1 N–H and O–H groups in total. The van der Waals surface area contributed by atoms with Crippen molar-refractivity contribution >= 4 is 39.0 Å². The first-order valence-electron chi connectivity index (χ1n) is 13.8. The summed E-state index contributed by atoms with van der Waals surface area (Å²) in [5.74, 6) is -3.31. The van der Waals surface area contributed by atoms with Gasteiger partial charge in [0.15, 0.2) is 5.82 Å².